The second-order valence-corrected chi connectivity index (χ2v) is 5.96. The van der Waals surface area contributed by atoms with Crippen LogP contribution in [0.3, 0.4) is 0 Å². The molecule has 0 saturated carbocycles. The van der Waals surface area contributed by atoms with Gasteiger partial charge in [0, 0.05) is 29.9 Å². The van der Waals surface area contributed by atoms with Crippen LogP contribution in [-0.4, -0.2) is 18.9 Å². The summed E-state index contributed by atoms with van der Waals surface area (Å²) < 4.78 is 5.10. The minimum absolute atomic E-state index is 0.0444. The van der Waals surface area contributed by atoms with E-state index < -0.39 is 0 Å². The molecule has 1 aliphatic rings. The number of hydrogen-bond donors (Lipinski definition) is 2. The van der Waals surface area contributed by atoms with Crippen molar-refractivity contribution in [1.29, 1.82) is 0 Å². The number of anilines is 1. The van der Waals surface area contributed by atoms with Crippen LogP contribution in [0.1, 0.15) is 26.7 Å². The summed E-state index contributed by atoms with van der Waals surface area (Å²) in [4.78, 5) is 23.6. The van der Waals surface area contributed by atoms with Crippen LogP contribution < -0.4 is 15.4 Å². The van der Waals surface area contributed by atoms with Crippen LogP contribution in [0.2, 0.25) is 0 Å². The van der Waals surface area contributed by atoms with E-state index in [1.165, 1.54) is 6.08 Å². The molecule has 1 aromatic carbocycles. The summed E-state index contributed by atoms with van der Waals surface area (Å²) in [5.74, 6) is 0.712. The smallest absolute Gasteiger partial charge is 0.323 e. The summed E-state index contributed by atoms with van der Waals surface area (Å²) in [6, 6.07) is 6.73. The Morgan fingerprint density at radius 1 is 1.24 bits per heavy atom. The molecule has 0 aliphatic heterocycles. The lowest BCUT2D eigenvalue weighted by Gasteiger charge is -2.28. The SMILES string of the molecule is COc1cccc(NC(=O)NC2=CC(=O)CC(C)(C)C2)c1. The van der Waals surface area contributed by atoms with Gasteiger partial charge in [-0.3, -0.25) is 4.79 Å². The van der Waals surface area contributed by atoms with Gasteiger partial charge in [-0.1, -0.05) is 19.9 Å². The molecule has 5 nitrogen and oxygen atoms in total. The fraction of sp³-hybridized carbons (Fsp3) is 0.375. The molecule has 0 saturated heterocycles. The fourth-order valence-electron chi connectivity index (χ4n) is 2.44. The van der Waals surface area contributed by atoms with Crippen LogP contribution in [0.5, 0.6) is 5.75 Å². The molecule has 1 aliphatic carbocycles. The maximum absolute atomic E-state index is 12.0. The van der Waals surface area contributed by atoms with E-state index in [2.05, 4.69) is 10.6 Å². The average Bonchev–Trinajstić information content (AvgIpc) is 2.36. The summed E-state index contributed by atoms with van der Waals surface area (Å²) in [7, 11) is 1.57. The molecule has 5 heteroatoms. The molecule has 0 fully saturated rings. The molecular weight excluding hydrogens is 268 g/mol. The maximum atomic E-state index is 12.0. The number of carbonyl (C=O) groups is 2. The van der Waals surface area contributed by atoms with Gasteiger partial charge in [-0.05, 0) is 24.0 Å². The number of urea groups is 1. The molecule has 0 radical (unpaired) electrons. The van der Waals surface area contributed by atoms with E-state index in [0.717, 1.165) is 0 Å². The molecule has 0 atom stereocenters. The minimum Gasteiger partial charge on any atom is -0.497 e. The van der Waals surface area contributed by atoms with Crippen molar-refractivity contribution in [3.63, 3.8) is 0 Å². The Hall–Kier alpha value is -2.30. The standard InChI is InChI=1S/C16H20N2O3/c1-16(2)9-12(7-13(19)10-16)18-15(20)17-11-5-4-6-14(8-11)21-3/h4-8H,9-10H2,1-3H3,(H2,17,18,20). The normalized spacial score (nSPS) is 16.9. The third kappa shape index (κ3) is 4.34. The summed E-state index contributed by atoms with van der Waals surface area (Å²) >= 11 is 0. The molecule has 0 spiro atoms. The van der Waals surface area contributed by atoms with Crippen molar-refractivity contribution in [2.24, 2.45) is 5.41 Å². The number of ether oxygens (including phenoxy) is 1. The number of carbonyl (C=O) groups excluding carboxylic acids is 2. The lowest BCUT2D eigenvalue weighted by Crippen LogP contribution is -2.33. The Labute approximate surface area is 124 Å². The van der Waals surface area contributed by atoms with Crippen molar-refractivity contribution in [2.45, 2.75) is 26.7 Å². The van der Waals surface area contributed by atoms with Crippen molar-refractivity contribution in [2.75, 3.05) is 12.4 Å². The number of allylic oxidation sites excluding steroid dienone is 2. The van der Waals surface area contributed by atoms with Gasteiger partial charge < -0.3 is 15.4 Å². The van der Waals surface area contributed by atoms with E-state index in [0.29, 0.717) is 30.0 Å². The number of hydrogen-bond acceptors (Lipinski definition) is 3. The second kappa shape index (κ2) is 5.99. The Morgan fingerprint density at radius 3 is 2.67 bits per heavy atom. The zero-order valence-corrected chi connectivity index (χ0v) is 12.5. The van der Waals surface area contributed by atoms with E-state index in [9.17, 15) is 9.59 Å². The maximum Gasteiger partial charge on any atom is 0.323 e. The van der Waals surface area contributed by atoms with Gasteiger partial charge in [-0.15, -0.1) is 0 Å². The Kier molecular flexibility index (Phi) is 4.31. The highest BCUT2D eigenvalue weighted by molar-refractivity contribution is 5.95. The number of nitrogens with one attached hydrogen (secondary N) is 2. The third-order valence-corrected chi connectivity index (χ3v) is 3.26. The van der Waals surface area contributed by atoms with Crippen molar-refractivity contribution < 1.29 is 14.3 Å². The van der Waals surface area contributed by atoms with E-state index in [4.69, 9.17) is 4.74 Å². The molecule has 2 N–H and O–H groups in total. The highest BCUT2D eigenvalue weighted by atomic mass is 16.5. The highest BCUT2D eigenvalue weighted by Crippen LogP contribution is 2.32. The molecule has 21 heavy (non-hydrogen) atoms. The monoisotopic (exact) mass is 288 g/mol. The van der Waals surface area contributed by atoms with Crippen LogP contribution in [0.4, 0.5) is 10.5 Å². The average molecular weight is 288 g/mol. The zero-order valence-electron chi connectivity index (χ0n) is 12.5. The number of benzene rings is 1. The van der Waals surface area contributed by atoms with Crippen LogP contribution in [0.25, 0.3) is 0 Å². The van der Waals surface area contributed by atoms with Crippen LogP contribution in [0, 0.1) is 5.41 Å². The van der Waals surface area contributed by atoms with Crippen molar-refractivity contribution in [3.8, 4) is 5.75 Å². The fourth-order valence-corrected chi connectivity index (χ4v) is 2.44. The largest absolute Gasteiger partial charge is 0.497 e. The van der Waals surface area contributed by atoms with Gasteiger partial charge in [-0.25, -0.2) is 4.79 Å². The zero-order chi connectivity index (χ0) is 15.5. The van der Waals surface area contributed by atoms with Crippen LogP contribution >= 0.6 is 0 Å². The highest BCUT2D eigenvalue weighted by Gasteiger charge is 2.28. The molecule has 112 valence electrons. The van der Waals surface area contributed by atoms with Gasteiger partial charge >= 0.3 is 6.03 Å². The van der Waals surface area contributed by atoms with Gasteiger partial charge in [0.2, 0.25) is 0 Å². The van der Waals surface area contributed by atoms with Crippen molar-refractivity contribution in [3.05, 3.63) is 36.0 Å². The van der Waals surface area contributed by atoms with Gasteiger partial charge in [0.05, 0.1) is 7.11 Å². The topological polar surface area (TPSA) is 67.4 Å². The first-order chi connectivity index (χ1) is 9.88. The quantitative estimate of drug-likeness (QED) is 0.898. The minimum atomic E-state index is -0.361. The first kappa shape index (κ1) is 15.1. The summed E-state index contributed by atoms with van der Waals surface area (Å²) in [6.07, 6.45) is 2.69. The van der Waals surface area contributed by atoms with Crippen molar-refractivity contribution >= 4 is 17.5 Å². The first-order valence-electron chi connectivity index (χ1n) is 6.83. The summed E-state index contributed by atoms with van der Waals surface area (Å²) in [6.45, 7) is 4.03. The molecule has 0 heterocycles. The summed E-state index contributed by atoms with van der Waals surface area (Å²) in [5, 5.41) is 5.46. The molecular formula is C16H20N2O3. The number of amides is 2. The van der Waals surface area contributed by atoms with Gasteiger partial charge in [0.25, 0.3) is 0 Å². The van der Waals surface area contributed by atoms with E-state index in [-0.39, 0.29) is 17.2 Å². The Balaban J connectivity index is 2.00. The molecule has 0 bridgehead atoms. The summed E-state index contributed by atoms with van der Waals surface area (Å²) in [5.41, 5.74) is 1.16. The van der Waals surface area contributed by atoms with E-state index in [1.807, 2.05) is 13.8 Å². The van der Waals surface area contributed by atoms with Crippen LogP contribution in [-0.2, 0) is 4.79 Å². The number of methoxy groups -OCH3 is 1. The third-order valence-electron chi connectivity index (χ3n) is 3.26. The lowest BCUT2D eigenvalue weighted by atomic mass is 9.79. The molecule has 2 rings (SSSR count). The molecule has 2 amide bonds. The number of ketones is 1. The predicted molar refractivity (Wildman–Crippen MR) is 81.3 cm³/mol. The lowest BCUT2D eigenvalue weighted by molar-refractivity contribution is -0.117. The van der Waals surface area contributed by atoms with Crippen molar-refractivity contribution in [1.82, 2.24) is 5.32 Å². The molecule has 0 unspecified atom stereocenters. The Morgan fingerprint density at radius 2 is 2.00 bits per heavy atom. The van der Waals surface area contributed by atoms with Crippen LogP contribution in [0.15, 0.2) is 36.0 Å². The molecule has 0 aromatic heterocycles. The molecule has 1 aromatic rings. The van der Waals surface area contributed by atoms with Gasteiger partial charge in [0.15, 0.2) is 5.78 Å². The van der Waals surface area contributed by atoms with E-state index >= 15 is 0 Å². The van der Waals surface area contributed by atoms with Gasteiger partial charge in [-0.2, -0.15) is 0 Å². The van der Waals surface area contributed by atoms with E-state index in [1.54, 1.807) is 31.4 Å². The predicted octanol–water partition coefficient (Wildman–Crippen LogP) is 3.09. The van der Waals surface area contributed by atoms with Gasteiger partial charge in [0.1, 0.15) is 5.75 Å². The first-order valence-corrected chi connectivity index (χ1v) is 6.83. The number of rotatable bonds is 3. The second-order valence-electron chi connectivity index (χ2n) is 5.96. The Bertz CT molecular complexity index is 591.